The topological polar surface area (TPSA) is 26.3 Å². The Morgan fingerprint density at radius 1 is 1.42 bits per heavy atom. The second-order valence-electron chi connectivity index (χ2n) is 1.97. The number of hydrogen-bond donors (Lipinski definition) is 0. The average molecular weight is 206 g/mol. The summed E-state index contributed by atoms with van der Waals surface area (Å²) in [6.45, 7) is -3.99. The largest absolute Gasteiger partial charge is 1.00 e. The molecule has 64 valence electrons. The maximum Gasteiger partial charge on any atom is 1.00 e. The van der Waals surface area contributed by atoms with Gasteiger partial charge in [0.15, 0.2) is 0 Å². The van der Waals surface area contributed by atoms with Crippen LogP contribution in [0.1, 0.15) is 6.92 Å². The summed E-state index contributed by atoms with van der Waals surface area (Å²) in [6.07, 6.45) is 0. The van der Waals surface area contributed by atoms with Crippen LogP contribution in [0.15, 0.2) is 11.5 Å². The van der Waals surface area contributed by atoms with E-state index < -0.39 is 18.5 Å². The van der Waals surface area contributed by atoms with E-state index in [9.17, 15) is 17.7 Å². The van der Waals surface area contributed by atoms with Gasteiger partial charge in [-0.2, -0.15) is 0 Å². The molecule has 0 atom stereocenters. The Balaban J connectivity index is 0. The van der Waals surface area contributed by atoms with Crippen molar-refractivity contribution in [1.29, 1.82) is 0 Å². The van der Waals surface area contributed by atoms with E-state index in [0.29, 0.717) is 0 Å². The molecule has 0 aliphatic heterocycles. The van der Waals surface area contributed by atoms with Gasteiger partial charge in [-0.05, 0) is 6.92 Å². The molecule has 0 saturated heterocycles. The molecule has 0 aromatic rings. The van der Waals surface area contributed by atoms with Crippen molar-refractivity contribution in [3.8, 4) is 0 Å². The monoisotopic (exact) mass is 206 g/mol. The average Bonchev–Trinajstić information content (AvgIpc) is 1.82. The molecular formula is C5H7BF3KO2. The van der Waals surface area contributed by atoms with E-state index in [0.717, 1.165) is 14.0 Å². The van der Waals surface area contributed by atoms with Crippen LogP contribution in [0.2, 0.25) is 0 Å². The Bertz CT molecular complexity index is 190. The zero-order chi connectivity index (χ0) is 9.07. The van der Waals surface area contributed by atoms with Crippen molar-refractivity contribution in [2.75, 3.05) is 7.11 Å². The van der Waals surface area contributed by atoms with Crippen molar-refractivity contribution < 1.29 is 73.9 Å². The SMILES string of the molecule is COC(=O)/C(C)=C/[B-](F)(F)F.[K+]. The Morgan fingerprint density at radius 3 is 2.08 bits per heavy atom. The molecule has 0 aliphatic rings. The molecule has 0 heterocycles. The van der Waals surface area contributed by atoms with Crippen molar-refractivity contribution in [1.82, 2.24) is 0 Å². The van der Waals surface area contributed by atoms with Crippen molar-refractivity contribution in [3.05, 3.63) is 11.5 Å². The third-order valence-electron chi connectivity index (χ3n) is 0.946. The zero-order valence-corrected chi connectivity index (χ0v) is 10.2. The molecule has 0 amide bonds. The van der Waals surface area contributed by atoms with Crippen LogP contribution in [0.4, 0.5) is 12.9 Å². The van der Waals surface area contributed by atoms with Gasteiger partial charge in [0.2, 0.25) is 0 Å². The molecule has 7 heteroatoms. The smallest absolute Gasteiger partial charge is 0.466 e. The van der Waals surface area contributed by atoms with Crippen molar-refractivity contribution >= 4 is 12.9 Å². The number of rotatable bonds is 2. The first-order valence-corrected chi connectivity index (χ1v) is 2.84. The minimum Gasteiger partial charge on any atom is -0.466 e. The Labute approximate surface area is 111 Å². The van der Waals surface area contributed by atoms with Crippen LogP contribution in [0.5, 0.6) is 0 Å². The number of carbonyl (C=O) groups is 1. The van der Waals surface area contributed by atoms with Gasteiger partial charge in [-0.25, -0.2) is 4.79 Å². The number of esters is 1. The molecule has 0 aromatic heterocycles. The molecule has 2 nitrogen and oxygen atoms in total. The number of halogens is 3. The summed E-state index contributed by atoms with van der Waals surface area (Å²) in [5.41, 5.74) is -0.431. The Hall–Kier alpha value is 0.701. The fourth-order valence-electron chi connectivity index (χ4n) is 0.513. The van der Waals surface area contributed by atoms with Crippen LogP contribution in [-0.4, -0.2) is 20.1 Å². The van der Waals surface area contributed by atoms with Crippen molar-refractivity contribution in [2.45, 2.75) is 6.92 Å². The van der Waals surface area contributed by atoms with Crippen LogP contribution < -0.4 is 51.4 Å². The minimum atomic E-state index is -5.05. The van der Waals surface area contributed by atoms with Crippen LogP contribution in [0.3, 0.4) is 0 Å². The molecule has 12 heavy (non-hydrogen) atoms. The van der Waals surface area contributed by atoms with Crippen LogP contribution in [0.25, 0.3) is 0 Å². The van der Waals surface area contributed by atoms with E-state index in [2.05, 4.69) is 4.74 Å². The third kappa shape index (κ3) is 7.36. The molecule has 0 aromatic carbocycles. The zero-order valence-electron chi connectivity index (χ0n) is 7.11. The van der Waals surface area contributed by atoms with Gasteiger partial charge >= 0.3 is 64.3 Å². The minimum absolute atomic E-state index is 0. The van der Waals surface area contributed by atoms with Gasteiger partial charge in [0.05, 0.1) is 7.11 Å². The first kappa shape index (κ1) is 15.2. The summed E-state index contributed by atoms with van der Waals surface area (Å²) in [5, 5.41) is 0. The summed E-state index contributed by atoms with van der Waals surface area (Å²) in [6, 6.07) is 0. The van der Waals surface area contributed by atoms with Crippen LogP contribution >= 0.6 is 0 Å². The number of ether oxygens (including phenoxy) is 1. The molecule has 0 bridgehead atoms. The molecule has 0 radical (unpaired) electrons. The van der Waals surface area contributed by atoms with Gasteiger partial charge in [0.25, 0.3) is 0 Å². The molecular weight excluding hydrogens is 199 g/mol. The maximum absolute atomic E-state index is 11.6. The Morgan fingerprint density at radius 2 is 1.83 bits per heavy atom. The summed E-state index contributed by atoms with van der Waals surface area (Å²) < 4.78 is 38.8. The summed E-state index contributed by atoms with van der Waals surface area (Å²) in [4.78, 5) is 10.4. The summed E-state index contributed by atoms with van der Waals surface area (Å²) in [5.74, 6) is -0.990. The maximum atomic E-state index is 11.6. The van der Waals surface area contributed by atoms with E-state index in [-0.39, 0.29) is 57.4 Å². The van der Waals surface area contributed by atoms with Crippen LogP contribution in [-0.2, 0) is 9.53 Å². The first-order chi connectivity index (χ1) is 4.87. The Kier molecular flexibility index (Phi) is 7.85. The molecule has 0 spiro atoms. The van der Waals surface area contributed by atoms with Gasteiger partial charge < -0.3 is 17.7 Å². The molecule has 0 unspecified atom stereocenters. The normalized spacial score (nSPS) is 11.9. The summed E-state index contributed by atoms with van der Waals surface area (Å²) >= 11 is 0. The molecule has 0 aliphatic carbocycles. The van der Waals surface area contributed by atoms with E-state index in [1.54, 1.807) is 0 Å². The standard InChI is InChI=1S/C5H7BF3O2.K/c1-4(5(10)11-2)3-6(7,8)9;/h3H,1-2H3;/q-1;+1/b4-3+;. The summed E-state index contributed by atoms with van der Waals surface area (Å²) in [7, 11) is 1.03. The predicted octanol–water partition coefficient (Wildman–Crippen LogP) is -1.50. The number of methoxy groups -OCH3 is 1. The number of carbonyl (C=O) groups excluding carboxylic acids is 1. The molecule has 0 rings (SSSR count). The third-order valence-corrected chi connectivity index (χ3v) is 0.946. The van der Waals surface area contributed by atoms with Gasteiger partial charge in [0, 0.05) is 5.57 Å². The first-order valence-electron chi connectivity index (χ1n) is 2.84. The van der Waals surface area contributed by atoms with Gasteiger partial charge in [-0.3, -0.25) is 0 Å². The van der Waals surface area contributed by atoms with Crippen LogP contribution in [0, 0.1) is 0 Å². The fraction of sp³-hybridized carbons (Fsp3) is 0.400. The van der Waals surface area contributed by atoms with E-state index >= 15 is 0 Å². The molecule has 0 N–H and O–H groups in total. The van der Waals surface area contributed by atoms with Gasteiger partial charge in [-0.1, -0.05) is 0 Å². The van der Waals surface area contributed by atoms with Gasteiger partial charge in [-0.15, -0.1) is 5.98 Å². The van der Waals surface area contributed by atoms with E-state index in [1.165, 1.54) is 0 Å². The number of hydrogen-bond acceptors (Lipinski definition) is 2. The van der Waals surface area contributed by atoms with E-state index in [1.807, 2.05) is 0 Å². The van der Waals surface area contributed by atoms with E-state index in [4.69, 9.17) is 0 Å². The molecule has 0 saturated carbocycles. The molecule has 0 fully saturated rings. The van der Waals surface area contributed by atoms with Gasteiger partial charge in [0.1, 0.15) is 0 Å². The second-order valence-corrected chi connectivity index (χ2v) is 1.97. The second kappa shape index (κ2) is 6.20. The van der Waals surface area contributed by atoms with Crippen molar-refractivity contribution in [3.63, 3.8) is 0 Å². The fourth-order valence-corrected chi connectivity index (χ4v) is 0.513. The van der Waals surface area contributed by atoms with Crippen molar-refractivity contribution in [2.24, 2.45) is 0 Å². The quantitative estimate of drug-likeness (QED) is 0.312. The predicted molar refractivity (Wildman–Crippen MR) is 34.9 cm³/mol.